The fraction of sp³-hybridized carbons (Fsp3) is 0.417. The van der Waals surface area contributed by atoms with Gasteiger partial charge in [0.25, 0.3) is 0 Å². The molecule has 0 radical (unpaired) electrons. The van der Waals surface area contributed by atoms with Crippen LogP contribution in [0.3, 0.4) is 0 Å². The van der Waals surface area contributed by atoms with Gasteiger partial charge in [0.2, 0.25) is 5.91 Å². The smallest absolute Gasteiger partial charge is 0.228 e. The van der Waals surface area contributed by atoms with Crippen LogP contribution in [0.4, 0.5) is 5.69 Å². The molecule has 1 unspecified atom stereocenters. The Morgan fingerprint density at radius 3 is 2.75 bits per heavy atom. The topological polar surface area (TPSA) is 41.1 Å². The van der Waals surface area contributed by atoms with E-state index in [4.69, 9.17) is 0 Å². The van der Waals surface area contributed by atoms with Crippen LogP contribution in [0.5, 0.6) is 0 Å². The van der Waals surface area contributed by atoms with E-state index in [-0.39, 0.29) is 11.8 Å². The lowest BCUT2D eigenvalue weighted by molar-refractivity contribution is -0.119. The van der Waals surface area contributed by atoms with Gasteiger partial charge in [0.15, 0.2) is 0 Å². The first-order chi connectivity index (χ1) is 7.54. The van der Waals surface area contributed by atoms with Gasteiger partial charge in [-0.15, -0.1) is 0 Å². The van der Waals surface area contributed by atoms with Gasteiger partial charge in [-0.1, -0.05) is 13.0 Å². The lowest BCUT2D eigenvalue weighted by Crippen LogP contribution is -2.28. The number of halogens is 1. The van der Waals surface area contributed by atoms with Gasteiger partial charge in [-0.05, 0) is 54.3 Å². The first-order valence-electron chi connectivity index (χ1n) is 5.26. The van der Waals surface area contributed by atoms with Crippen LogP contribution in [0.25, 0.3) is 0 Å². The van der Waals surface area contributed by atoms with Crippen molar-refractivity contribution in [2.24, 2.45) is 5.92 Å². The molecule has 1 aromatic rings. The molecule has 0 bridgehead atoms. The van der Waals surface area contributed by atoms with Crippen LogP contribution in [-0.4, -0.2) is 19.5 Å². The number of hydrogen-bond donors (Lipinski definition) is 2. The highest BCUT2D eigenvalue weighted by Gasteiger charge is 2.11. The Labute approximate surface area is 110 Å². The maximum Gasteiger partial charge on any atom is 0.228 e. The summed E-state index contributed by atoms with van der Waals surface area (Å²) in [5.41, 5.74) is 2.09. The molecule has 88 valence electrons. The van der Waals surface area contributed by atoms with E-state index >= 15 is 0 Å². The molecule has 0 aromatic heterocycles. The molecule has 1 amide bonds. The van der Waals surface area contributed by atoms with Crippen molar-refractivity contribution in [2.75, 3.05) is 18.9 Å². The second-order valence-electron chi connectivity index (χ2n) is 3.91. The molecule has 0 saturated heterocycles. The highest BCUT2D eigenvalue weighted by atomic mass is 127. The van der Waals surface area contributed by atoms with Crippen molar-refractivity contribution in [3.63, 3.8) is 0 Å². The van der Waals surface area contributed by atoms with Crippen molar-refractivity contribution in [1.82, 2.24) is 5.32 Å². The molecular weight excluding hydrogens is 315 g/mol. The molecule has 3 nitrogen and oxygen atoms in total. The van der Waals surface area contributed by atoms with Crippen molar-refractivity contribution in [1.29, 1.82) is 0 Å². The van der Waals surface area contributed by atoms with Gasteiger partial charge in [0.1, 0.15) is 0 Å². The molecule has 0 aliphatic rings. The van der Waals surface area contributed by atoms with Gasteiger partial charge in [-0.25, -0.2) is 0 Å². The molecule has 0 aliphatic carbocycles. The van der Waals surface area contributed by atoms with Crippen molar-refractivity contribution < 1.29 is 4.79 Å². The molecule has 0 saturated carbocycles. The molecule has 0 heterocycles. The number of carbonyl (C=O) groups is 1. The maximum atomic E-state index is 11.7. The Hall–Kier alpha value is -0.620. The number of aryl methyl sites for hydroxylation is 1. The molecule has 1 atom stereocenters. The van der Waals surface area contributed by atoms with Gasteiger partial charge in [-0.3, -0.25) is 4.79 Å². The molecule has 1 aromatic carbocycles. The third-order valence-electron chi connectivity index (χ3n) is 2.40. The number of anilines is 1. The average Bonchev–Trinajstić information content (AvgIpc) is 2.24. The minimum Gasteiger partial charge on any atom is -0.326 e. The van der Waals surface area contributed by atoms with E-state index in [2.05, 4.69) is 40.1 Å². The molecule has 0 fully saturated rings. The summed E-state index contributed by atoms with van der Waals surface area (Å²) < 4.78 is 1.16. The van der Waals surface area contributed by atoms with E-state index in [1.807, 2.05) is 32.2 Å². The molecule has 16 heavy (non-hydrogen) atoms. The third kappa shape index (κ3) is 3.75. The van der Waals surface area contributed by atoms with Crippen LogP contribution in [0.15, 0.2) is 18.2 Å². The summed E-state index contributed by atoms with van der Waals surface area (Å²) >= 11 is 2.27. The van der Waals surface area contributed by atoms with E-state index in [1.165, 1.54) is 5.56 Å². The normalized spacial score (nSPS) is 12.2. The summed E-state index contributed by atoms with van der Waals surface area (Å²) in [6.45, 7) is 4.65. The highest BCUT2D eigenvalue weighted by Crippen LogP contribution is 2.17. The van der Waals surface area contributed by atoms with Gasteiger partial charge in [0, 0.05) is 21.7 Å². The van der Waals surface area contributed by atoms with Crippen molar-refractivity contribution in [3.05, 3.63) is 27.3 Å². The second-order valence-corrected chi connectivity index (χ2v) is 5.07. The van der Waals surface area contributed by atoms with E-state index in [1.54, 1.807) is 0 Å². The molecule has 1 rings (SSSR count). The van der Waals surface area contributed by atoms with Crippen LogP contribution in [0.2, 0.25) is 0 Å². The zero-order chi connectivity index (χ0) is 12.1. The van der Waals surface area contributed by atoms with Crippen LogP contribution in [0, 0.1) is 16.4 Å². The molecule has 2 N–H and O–H groups in total. The molecule has 4 heteroatoms. The first-order valence-corrected chi connectivity index (χ1v) is 6.34. The standard InChI is InChI=1S/C12H17IN2O/c1-8-4-5-10(6-11(8)13)15-12(16)9(2)7-14-3/h4-6,9,14H,7H2,1-3H3,(H,15,16). The Balaban J connectivity index is 2.66. The monoisotopic (exact) mass is 332 g/mol. The van der Waals surface area contributed by atoms with Crippen molar-refractivity contribution >= 4 is 34.2 Å². The first kappa shape index (κ1) is 13.4. The Morgan fingerprint density at radius 1 is 1.50 bits per heavy atom. The molecular formula is C12H17IN2O. The van der Waals surface area contributed by atoms with E-state index in [0.717, 1.165) is 9.26 Å². The van der Waals surface area contributed by atoms with Crippen LogP contribution in [-0.2, 0) is 4.79 Å². The van der Waals surface area contributed by atoms with Crippen molar-refractivity contribution in [2.45, 2.75) is 13.8 Å². The number of nitrogens with one attached hydrogen (secondary N) is 2. The number of hydrogen-bond acceptors (Lipinski definition) is 2. The van der Waals surface area contributed by atoms with E-state index in [9.17, 15) is 4.79 Å². The van der Waals surface area contributed by atoms with Crippen molar-refractivity contribution in [3.8, 4) is 0 Å². The predicted molar refractivity (Wildman–Crippen MR) is 75.6 cm³/mol. The second kappa shape index (κ2) is 6.20. The maximum absolute atomic E-state index is 11.7. The summed E-state index contributed by atoms with van der Waals surface area (Å²) in [5.74, 6) is 0.0259. The third-order valence-corrected chi connectivity index (χ3v) is 3.56. The summed E-state index contributed by atoms with van der Waals surface area (Å²) in [5, 5.41) is 5.90. The highest BCUT2D eigenvalue weighted by molar-refractivity contribution is 14.1. The Kier molecular flexibility index (Phi) is 5.21. The SMILES string of the molecule is CNCC(C)C(=O)Nc1ccc(C)c(I)c1. The van der Waals surface area contributed by atoms with Gasteiger partial charge < -0.3 is 10.6 Å². The largest absolute Gasteiger partial charge is 0.326 e. The average molecular weight is 332 g/mol. The predicted octanol–water partition coefficient (Wildman–Crippen LogP) is 2.39. The zero-order valence-electron chi connectivity index (χ0n) is 9.80. The summed E-state index contributed by atoms with van der Waals surface area (Å²) in [6, 6.07) is 5.93. The lowest BCUT2D eigenvalue weighted by Gasteiger charge is -2.12. The zero-order valence-corrected chi connectivity index (χ0v) is 12.0. The van der Waals surface area contributed by atoms with E-state index in [0.29, 0.717) is 6.54 Å². The van der Waals surface area contributed by atoms with Gasteiger partial charge >= 0.3 is 0 Å². The minimum atomic E-state index is -0.0241. The van der Waals surface area contributed by atoms with E-state index < -0.39 is 0 Å². The van der Waals surface area contributed by atoms with Crippen LogP contribution < -0.4 is 10.6 Å². The molecule has 0 spiro atoms. The number of amides is 1. The van der Waals surface area contributed by atoms with Crippen LogP contribution in [0.1, 0.15) is 12.5 Å². The number of benzene rings is 1. The Morgan fingerprint density at radius 2 is 2.19 bits per heavy atom. The Bertz CT molecular complexity index is 379. The van der Waals surface area contributed by atoms with Gasteiger partial charge in [-0.2, -0.15) is 0 Å². The molecule has 0 aliphatic heterocycles. The number of carbonyl (C=O) groups excluding carboxylic acids is 1. The van der Waals surface area contributed by atoms with Gasteiger partial charge in [0.05, 0.1) is 0 Å². The quantitative estimate of drug-likeness (QED) is 0.832. The summed E-state index contributed by atoms with van der Waals surface area (Å²) in [4.78, 5) is 11.7. The lowest BCUT2D eigenvalue weighted by atomic mass is 10.1. The fourth-order valence-electron chi connectivity index (χ4n) is 1.33. The summed E-state index contributed by atoms with van der Waals surface area (Å²) in [6.07, 6.45) is 0. The minimum absolute atomic E-state index is 0.0241. The summed E-state index contributed by atoms with van der Waals surface area (Å²) in [7, 11) is 1.85. The fourth-order valence-corrected chi connectivity index (χ4v) is 1.85. The van der Waals surface area contributed by atoms with Crippen LogP contribution >= 0.6 is 22.6 Å². The number of rotatable bonds is 4.